The predicted octanol–water partition coefficient (Wildman–Crippen LogP) is 3.44. The van der Waals surface area contributed by atoms with Crippen LogP contribution in [0.4, 0.5) is 0 Å². The van der Waals surface area contributed by atoms with Gasteiger partial charge in [0.05, 0.1) is 31.2 Å². The fourth-order valence-corrected chi connectivity index (χ4v) is 3.89. The molecule has 0 saturated heterocycles. The smallest absolute Gasteiger partial charge is 0.119 e. The largest absolute Gasteiger partial charge is 0.497 e. The molecule has 2 aromatic heterocycles. The summed E-state index contributed by atoms with van der Waals surface area (Å²) in [7, 11) is 1.69. The summed E-state index contributed by atoms with van der Waals surface area (Å²) in [5.41, 5.74) is 6.89. The SMILES string of the molecule is COc1cccc(-c2nn(Cc3cnn(-c4ccccc4)c3)c3c2CNCC3)c1. The van der Waals surface area contributed by atoms with Crippen molar-refractivity contribution in [2.24, 2.45) is 0 Å². The van der Waals surface area contributed by atoms with E-state index in [-0.39, 0.29) is 0 Å². The lowest BCUT2D eigenvalue weighted by molar-refractivity contribution is 0.415. The summed E-state index contributed by atoms with van der Waals surface area (Å²) in [5.74, 6) is 0.846. The van der Waals surface area contributed by atoms with Crippen LogP contribution in [0.1, 0.15) is 16.8 Å². The van der Waals surface area contributed by atoms with Gasteiger partial charge in [-0.05, 0) is 24.3 Å². The molecule has 0 unspecified atom stereocenters. The fraction of sp³-hybridized carbons (Fsp3) is 0.217. The summed E-state index contributed by atoms with van der Waals surface area (Å²) < 4.78 is 9.46. The van der Waals surface area contributed by atoms with Crippen molar-refractivity contribution >= 4 is 0 Å². The fourth-order valence-electron chi connectivity index (χ4n) is 3.89. The number of hydrogen-bond acceptors (Lipinski definition) is 4. The predicted molar refractivity (Wildman–Crippen MR) is 112 cm³/mol. The molecule has 1 N–H and O–H groups in total. The number of para-hydroxylation sites is 1. The molecule has 0 saturated carbocycles. The van der Waals surface area contributed by atoms with E-state index in [9.17, 15) is 0 Å². The van der Waals surface area contributed by atoms with Crippen LogP contribution in [0.25, 0.3) is 16.9 Å². The third-order valence-electron chi connectivity index (χ3n) is 5.34. The van der Waals surface area contributed by atoms with Crippen LogP contribution in [0.3, 0.4) is 0 Å². The van der Waals surface area contributed by atoms with Crippen LogP contribution in [-0.4, -0.2) is 33.2 Å². The molecule has 6 nitrogen and oxygen atoms in total. The monoisotopic (exact) mass is 385 g/mol. The topological polar surface area (TPSA) is 56.9 Å². The minimum Gasteiger partial charge on any atom is -0.497 e. The van der Waals surface area contributed by atoms with Crippen LogP contribution < -0.4 is 10.1 Å². The molecule has 0 fully saturated rings. The van der Waals surface area contributed by atoms with E-state index in [2.05, 4.69) is 45.6 Å². The van der Waals surface area contributed by atoms with Crippen LogP contribution in [-0.2, 0) is 19.5 Å². The summed E-state index contributed by atoms with van der Waals surface area (Å²) in [5, 5.41) is 13.0. The van der Waals surface area contributed by atoms with Crippen molar-refractivity contribution in [3.63, 3.8) is 0 Å². The first-order valence-corrected chi connectivity index (χ1v) is 9.84. The Morgan fingerprint density at radius 2 is 2.00 bits per heavy atom. The molecule has 0 bridgehead atoms. The molecular formula is C23H23N5O. The van der Waals surface area contributed by atoms with Gasteiger partial charge in [-0.1, -0.05) is 30.3 Å². The Hall–Kier alpha value is -3.38. The second-order valence-electron chi connectivity index (χ2n) is 7.22. The van der Waals surface area contributed by atoms with E-state index in [1.165, 1.54) is 11.3 Å². The Balaban J connectivity index is 1.49. The number of nitrogens with one attached hydrogen (secondary N) is 1. The van der Waals surface area contributed by atoms with Gasteiger partial charge in [-0.15, -0.1) is 0 Å². The van der Waals surface area contributed by atoms with E-state index in [0.717, 1.165) is 47.8 Å². The van der Waals surface area contributed by atoms with Gasteiger partial charge in [0.25, 0.3) is 0 Å². The molecule has 1 aliphatic heterocycles. The van der Waals surface area contributed by atoms with E-state index in [1.807, 2.05) is 41.2 Å². The lowest BCUT2D eigenvalue weighted by atomic mass is 10.0. The van der Waals surface area contributed by atoms with Gasteiger partial charge in [0.1, 0.15) is 5.75 Å². The maximum absolute atomic E-state index is 5.41. The molecule has 1 aliphatic rings. The quantitative estimate of drug-likeness (QED) is 0.572. The number of nitrogens with zero attached hydrogens (tertiary/aromatic N) is 4. The number of aromatic nitrogens is 4. The molecule has 5 rings (SSSR count). The lowest BCUT2D eigenvalue weighted by Crippen LogP contribution is -2.25. The van der Waals surface area contributed by atoms with Gasteiger partial charge in [-0.3, -0.25) is 4.68 Å². The lowest BCUT2D eigenvalue weighted by Gasteiger charge is -2.15. The Bertz CT molecular complexity index is 1130. The molecule has 29 heavy (non-hydrogen) atoms. The summed E-state index contributed by atoms with van der Waals surface area (Å²) in [4.78, 5) is 0. The zero-order chi connectivity index (χ0) is 19.6. The third-order valence-corrected chi connectivity index (χ3v) is 5.34. The van der Waals surface area contributed by atoms with Gasteiger partial charge < -0.3 is 10.1 Å². The second kappa shape index (κ2) is 7.56. The summed E-state index contributed by atoms with van der Waals surface area (Å²) in [6.45, 7) is 2.52. The van der Waals surface area contributed by atoms with Crippen LogP contribution >= 0.6 is 0 Å². The molecule has 146 valence electrons. The molecule has 0 atom stereocenters. The second-order valence-corrected chi connectivity index (χ2v) is 7.22. The molecule has 4 aromatic rings. The van der Waals surface area contributed by atoms with Gasteiger partial charge in [0.2, 0.25) is 0 Å². The van der Waals surface area contributed by atoms with Crippen LogP contribution in [0.2, 0.25) is 0 Å². The average Bonchev–Trinajstić information content (AvgIpc) is 3.40. The summed E-state index contributed by atoms with van der Waals surface area (Å²) in [6.07, 6.45) is 4.97. The molecule has 6 heteroatoms. The maximum atomic E-state index is 5.41. The molecular weight excluding hydrogens is 362 g/mol. The highest BCUT2D eigenvalue weighted by molar-refractivity contribution is 5.66. The number of methoxy groups -OCH3 is 1. The van der Waals surface area contributed by atoms with Gasteiger partial charge in [0.15, 0.2) is 0 Å². The standard InChI is InChI=1S/C23H23N5O/c1-29-20-9-5-6-18(12-20)23-21-14-24-11-10-22(21)28(26-23)16-17-13-25-27(15-17)19-7-3-2-4-8-19/h2-9,12-13,15,24H,10-11,14,16H2,1H3. The molecule has 0 spiro atoms. The number of ether oxygens (including phenoxy) is 1. The molecule has 0 amide bonds. The van der Waals surface area contributed by atoms with Crippen molar-refractivity contribution < 1.29 is 4.74 Å². The number of benzene rings is 2. The summed E-state index contributed by atoms with van der Waals surface area (Å²) >= 11 is 0. The molecule has 2 aromatic carbocycles. The van der Waals surface area contributed by atoms with Crippen molar-refractivity contribution in [3.05, 3.63) is 83.8 Å². The minimum absolute atomic E-state index is 0.707. The number of hydrogen-bond donors (Lipinski definition) is 1. The third kappa shape index (κ3) is 3.43. The van der Waals surface area contributed by atoms with Crippen molar-refractivity contribution in [1.82, 2.24) is 24.9 Å². The molecule has 0 aliphatic carbocycles. The van der Waals surface area contributed by atoms with Crippen LogP contribution in [0.15, 0.2) is 67.0 Å². The van der Waals surface area contributed by atoms with E-state index in [0.29, 0.717) is 6.54 Å². The van der Waals surface area contributed by atoms with Gasteiger partial charge >= 0.3 is 0 Å². The van der Waals surface area contributed by atoms with Crippen LogP contribution in [0, 0.1) is 0 Å². The van der Waals surface area contributed by atoms with Crippen molar-refractivity contribution in [2.45, 2.75) is 19.5 Å². The van der Waals surface area contributed by atoms with Gasteiger partial charge in [-0.25, -0.2) is 4.68 Å². The Kier molecular flexibility index (Phi) is 4.62. The Morgan fingerprint density at radius 1 is 1.10 bits per heavy atom. The van der Waals surface area contributed by atoms with Gasteiger partial charge in [0, 0.05) is 48.1 Å². The van der Waals surface area contributed by atoms with E-state index >= 15 is 0 Å². The average molecular weight is 385 g/mol. The number of rotatable bonds is 5. The van der Waals surface area contributed by atoms with Gasteiger partial charge in [-0.2, -0.15) is 10.2 Å². The molecule has 3 heterocycles. The highest BCUT2D eigenvalue weighted by Crippen LogP contribution is 2.30. The van der Waals surface area contributed by atoms with E-state index in [4.69, 9.17) is 9.84 Å². The first kappa shape index (κ1) is 17.7. The maximum Gasteiger partial charge on any atom is 0.119 e. The van der Waals surface area contributed by atoms with Crippen molar-refractivity contribution in [3.8, 4) is 22.7 Å². The zero-order valence-electron chi connectivity index (χ0n) is 16.4. The van der Waals surface area contributed by atoms with Crippen molar-refractivity contribution in [1.29, 1.82) is 0 Å². The zero-order valence-corrected chi connectivity index (χ0v) is 16.4. The first-order valence-electron chi connectivity index (χ1n) is 9.84. The normalized spacial score (nSPS) is 13.3. The highest BCUT2D eigenvalue weighted by Gasteiger charge is 2.22. The highest BCUT2D eigenvalue weighted by atomic mass is 16.5. The van der Waals surface area contributed by atoms with E-state index in [1.54, 1.807) is 7.11 Å². The first-order chi connectivity index (χ1) is 14.3. The van der Waals surface area contributed by atoms with Crippen molar-refractivity contribution in [2.75, 3.05) is 13.7 Å². The Morgan fingerprint density at radius 3 is 2.86 bits per heavy atom. The Labute approximate surface area is 169 Å². The molecule has 0 radical (unpaired) electrons. The minimum atomic E-state index is 0.707. The van der Waals surface area contributed by atoms with E-state index < -0.39 is 0 Å². The number of fused-ring (bicyclic) bond motifs is 1. The van der Waals surface area contributed by atoms with Crippen LogP contribution in [0.5, 0.6) is 5.75 Å². The summed E-state index contributed by atoms with van der Waals surface area (Å²) in [6, 6.07) is 18.3.